The number of nitrogens with one attached hydrogen (secondary N) is 1. The minimum absolute atomic E-state index is 0.0542. The first kappa shape index (κ1) is 20.2. The molecule has 30 heavy (non-hydrogen) atoms. The number of benzene rings is 2. The fraction of sp³-hybridized carbons (Fsp3) is 0.333. The zero-order valence-electron chi connectivity index (χ0n) is 16.9. The maximum absolute atomic E-state index is 10.5. The molecule has 0 radical (unpaired) electrons. The van der Waals surface area contributed by atoms with Crippen molar-refractivity contribution in [3.8, 4) is 34.3 Å². The number of anilines is 1. The molecule has 0 bridgehead atoms. The first-order chi connectivity index (χ1) is 14.5. The molecule has 3 N–H and O–H groups in total. The van der Waals surface area contributed by atoms with Crippen LogP contribution in [0.1, 0.15) is 12.5 Å². The Bertz CT molecular complexity index is 1120. The Kier molecular flexibility index (Phi) is 5.65. The minimum atomic E-state index is -0.0677. The number of phenolic OH excluding ortho intramolecular Hbond substituents is 2. The molecule has 0 saturated carbocycles. The zero-order valence-corrected chi connectivity index (χ0v) is 17.7. The maximum atomic E-state index is 10.5. The number of nitrogens with zero attached hydrogens (tertiary/aromatic N) is 3. The quantitative estimate of drug-likeness (QED) is 0.536. The first-order valence-corrected chi connectivity index (χ1v) is 10.2. The summed E-state index contributed by atoms with van der Waals surface area (Å²) in [5.41, 5.74) is 2.93. The highest BCUT2D eigenvalue weighted by atomic mass is 32.1. The summed E-state index contributed by atoms with van der Waals surface area (Å²) < 4.78 is 13.2. The molecule has 1 aliphatic rings. The van der Waals surface area contributed by atoms with Gasteiger partial charge in [0.2, 0.25) is 0 Å². The van der Waals surface area contributed by atoms with Crippen LogP contribution in [0, 0.1) is 4.77 Å². The van der Waals surface area contributed by atoms with Gasteiger partial charge in [0.15, 0.2) is 10.6 Å². The number of ether oxygens (including phenoxy) is 2. The van der Waals surface area contributed by atoms with Crippen LogP contribution < -0.4 is 9.64 Å². The van der Waals surface area contributed by atoms with Gasteiger partial charge in [-0.3, -0.25) is 9.67 Å². The molecule has 0 unspecified atom stereocenters. The second-order valence-corrected chi connectivity index (χ2v) is 7.38. The van der Waals surface area contributed by atoms with Crippen LogP contribution in [0.4, 0.5) is 5.69 Å². The molecule has 0 amide bonds. The van der Waals surface area contributed by atoms with Gasteiger partial charge in [-0.05, 0) is 48.5 Å². The van der Waals surface area contributed by atoms with E-state index in [1.54, 1.807) is 17.7 Å². The zero-order chi connectivity index (χ0) is 21.3. The molecule has 8 nitrogen and oxygen atoms in total. The Labute approximate surface area is 179 Å². The summed E-state index contributed by atoms with van der Waals surface area (Å²) >= 11 is 5.50. The molecular formula is C21H24N4O4S. The molecule has 2 heterocycles. The van der Waals surface area contributed by atoms with Crippen molar-refractivity contribution in [2.24, 2.45) is 0 Å². The van der Waals surface area contributed by atoms with Crippen molar-refractivity contribution in [2.45, 2.75) is 13.3 Å². The van der Waals surface area contributed by atoms with E-state index < -0.39 is 0 Å². The van der Waals surface area contributed by atoms with E-state index in [0.717, 1.165) is 30.2 Å². The lowest BCUT2D eigenvalue weighted by Crippen LogP contribution is -2.36. The molecule has 4 rings (SSSR count). The van der Waals surface area contributed by atoms with Crippen LogP contribution in [0.5, 0.6) is 17.2 Å². The molecule has 9 heteroatoms. The van der Waals surface area contributed by atoms with Crippen LogP contribution in [0.25, 0.3) is 17.1 Å². The number of aromatic nitrogens is 3. The number of morpholine rings is 1. The second kappa shape index (κ2) is 8.37. The SMILES string of the molecule is CCc1cc(-c2n[nH]c(=S)n2-c2ccc(OC)c(N3CCOCC3)c2)c(O)cc1O. The Morgan fingerprint density at radius 3 is 2.63 bits per heavy atom. The Hall–Kier alpha value is -3.04. The van der Waals surface area contributed by atoms with E-state index in [-0.39, 0.29) is 11.5 Å². The van der Waals surface area contributed by atoms with E-state index in [0.29, 0.717) is 41.4 Å². The summed E-state index contributed by atoms with van der Waals surface area (Å²) in [4.78, 5) is 2.21. The highest BCUT2D eigenvalue weighted by Crippen LogP contribution is 2.37. The van der Waals surface area contributed by atoms with Gasteiger partial charge in [0.05, 0.1) is 37.3 Å². The predicted octanol–water partition coefficient (Wildman–Crippen LogP) is 3.42. The van der Waals surface area contributed by atoms with Gasteiger partial charge in [-0.25, -0.2) is 0 Å². The molecule has 1 saturated heterocycles. The minimum Gasteiger partial charge on any atom is -0.508 e. The number of H-pyrrole nitrogens is 1. The standard InChI is InChI=1S/C21H24N4O4S/c1-3-13-10-15(18(27)12-17(13)26)20-22-23-21(30)25(20)14-4-5-19(28-2)16(11-14)24-6-8-29-9-7-24/h4-5,10-12,26-27H,3,6-9H2,1-2H3,(H,23,30). The third kappa shape index (κ3) is 3.61. The molecule has 1 fully saturated rings. The molecule has 0 spiro atoms. The molecule has 2 aromatic carbocycles. The van der Waals surface area contributed by atoms with Crippen molar-refractivity contribution < 1.29 is 19.7 Å². The second-order valence-electron chi connectivity index (χ2n) is 6.99. The molecule has 3 aromatic rings. The number of aromatic hydroxyl groups is 2. The molecule has 0 atom stereocenters. The number of phenols is 2. The number of hydrogen-bond donors (Lipinski definition) is 3. The lowest BCUT2D eigenvalue weighted by molar-refractivity contribution is 0.122. The van der Waals surface area contributed by atoms with Gasteiger partial charge >= 0.3 is 0 Å². The maximum Gasteiger partial charge on any atom is 0.200 e. The molecule has 158 valence electrons. The topological polar surface area (TPSA) is 95.8 Å². The first-order valence-electron chi connectivity index (χ1n) is 9.77. The van der Waals surface area contributed by atoms with Crippen LogP contribution in [-0.4, -0.2) is 58.4 Å². The van der Waals surface area contributed by atoms with Gasteiger partial charge < -0.3 is 24.6 Å². The Morgan fingerprint density at radius 2 is 1.93 bits per heavy atom. The van der Waals surface area contributed by atoms with E-state index in [2.05, 4.69) is 15.1 Å². The number of aryl methyl sites for hydroxylation is 1. The van der Waals surface area contributed by atoms with Crippen LogP contribution in [0.2, 0.25) is 0 Å². The summed E-state index contributed by atoms with van der Waals surface area (Å²) in [5, 5.41) is 27.7. The fourth-order valence-corrected chi connectivity index (χ4v) is 3.91. The van der Waals surface area contributed by atoms with E-state index in [1.165, 1.54) is 6.07 Å². The van der Waals surface area contributed by atoms with Gasteiger partial charge in [-0.15, -0.1) is 0 Å². The lowest BCUT2D eigenvalue weighted by atomic mass is 10.1. The van der Waals surface area contributed by atoms with Crippen molar-refractivity contribution >= 4 is 17.9 Å². The van der Waals surface area contributed by atoms with Crippen LogP contribution in [-0.2, 0) is 11.2 Å². The van der Waals surface area contributed by atoms with Crippen LogP contribution in [0.3, 0.4) is 0 Å². The highest BCUT2D eigenvalue weighted by Gasteiger charge is 2.20. The third-order valence-corrected chi connectivity index (χ3v) is 5.54. The molecule has 1 aromatic heterocycles. The van der Waals surface area contributed by atoms with E-state index in [1.807, 2.05) is 25.1 Å². The molecular weight excluding hydrogens is 404 g/mol. The van der Waals surface area contributed by atoms with Crippen molar-refractivity contribution in [2.75, 3.05) is 38.3 Å². The average Bonchev–Trinajstić information content (AvgIpc) is 3.15. The smallest absolute Gasteiger partial charge is 0.200 e. The Morgan fingerprint density at radius 1 is 1.17 bits per heavy atom. The van der Waals surface area contributed by atoms with Gasteiger partial charge in [-0.2, -0.15) is 5.10 Å². The van der Waals surface area contributed by atoms with Crippen LogP contribution in [0.15, 0.2) is 30.3 Å². The van der Waals surface area contributed by atoms with Crippen molar-refractivity contribution in [1.82, 2.24) is 14.8 Å². The monoisotopic (exact) mass is 428 g/mol. The third-order valence-electron chi connectivity index (χ3n) is 5.26. The van der Waals surface area contributed by atoms with Crippen molar-refractivity contribution in [1.29, 1.82) is 0 Å². The summed E-state index contributed by atoms with van der Waals surface area (Å²) in [7, 11) is 1.65. The fourth-order valence-electron chi connectivity index (χ4n) is 3.67. The summed E-state index contributed by atoms with van der Waals surface area (Å²) in [6.45, 7) is 4.78. The number of methoxy groups -OCH3 is 1. The van der Waals surface area contributed by atoms with E-state index in [4.69, 9.17) is 21.7 Å². The number of aromatic amines is 1. The molecule has 0 aliphatic carbocycles. The lowest BCUT2D eigenvalue weighted by Gasteiger charge is -2.30. The van der Waals surface area contributed by atoms with Crippen molar-refractivity contribution in [3.63, 3.8) is 0 Å². The highest BCUT2D eigenvalue weighted by molar-refractivity contribution is 7.71. The van der Waals surface area contributed by atoms with Gasteiger partial charge in [0.25, 0.3) is 0 Å². The number of rotatable bonds is 5. The summed E-state index contributed by atoms with van der Waals surface area (Å²) in [6, 6.07) is 8.86. The predicted molar refractivity (Wildman–Crippen MR) is 116 cm³/mol. The van der Waals surface area contributed by atoms with Crippen LogP contribution >= 0.6 is 12.2 Å². The van der Waals surface area contributed by atoms with Gasteiger partial charge in [-0.1, -0.05) is 6.92 Å². The molecule has 1 aliphatic heterocycles. The number of hydrogen-bond acceptors (Lipinski definition) is 7. The van der Waals surface area contributed by atoms with E-state index >= 15 is 0 Å². The van der Waals surface area contributed by atoms with Gasteiger partial charge in [0, 0.05) is 19.2 Å². The normalized spacial score (nSPS) is 14.1. The Balaban J connectivity index is 1.85. The summed E-state index contributed by atoms with van der Waals surface area (Å²) in [5.74, 6) is 1.21. The average molecular weight is 429 g/mol. The van der Waals surface area contributed by atoms with E-state index in [9.17, 15) is 10.2 Å². The van der Waals surface area contributed by atoms with Gasteiger partial charge in [0.1, 0.15) is 17.2 Å². The van der Waals surface area contributed by atoms with Crippen molar-refractivity contribution in [3.05, 3.63) is 40.7 Å². The summed E-state index contributed by atoms with van der Waals surface area (Å²) in [6.07, 6.45) is 0.619. The largest absolute Gasteiger partial charge is 0.508 e.